The molecule has 118 valence electrons. The normalized spacial score (nSPS) is 19.0. The highest BCUT2D eigenvalue weighted by atomic mass is 16.5. The summed E-state index contributed by atoms with van der Waals surface area (Å²) in [7, 11) is 3.34. The number of fused-ring (bicyclic) bond motifs is 1. The first-order valence-electron chi connectivity index (χ1n) is 7.16. The molecule has 3 heterocycles. The van der Waals surface area contributed by atoms with Crippen LogP contribution in [0.15, 0.2) is 9.59 Å². The molecule has 1 saturated heterocycles. The van der Waals surface area contributed by atoms with Crippen molar-refractivity contribution in [1.82, 2.24) is 18.7 Å². The zero-order chi connectivity index (χ0) is 16.0. The largest absolute Gasteiger partial charge is 0.369 e. The van der Waals surface area contributed by atoms with Crippen molar-refractivity contribution in [3.8, 4) is 0 Å². The Balaban J connectivity index is 2.10. The number of hydrogen-bond donors (Lipinski definition) is 0. The van der Waals surface area contributed by atoms with Crippen LogP contribution in [0.4, 0.5) is 0 Å². The fraction of sp³-hybridized carbons (Fsp3) is 0.571. The van der Waals surface area contributed by atoms with Gasteiger partial charge in [-0.2, -0.15) is 0 Å². The molecule has 0 N–H and O–H groups in total. The van der Waals surface area contributed by atoms with Gasteiger partial charge in [0, 0.05) is 20.5 Å². The Morgan fingerprint density at radius 3 is 2.59 bits per heavy atom. The van der Waals surface area contributed by atoms with E-state index < -0.39 is 5.69 Å². The molecule has 22 heavy (non-hydrogen) atoms. The van der Waals surface area contributed by atoms with E-state index in [1.807, 2.05) is 0 Å². The van der Waals surface area contributed by atoms with Gasteiger partial charge in [0.2, 0.25) is 0 Å². The summed E-state index contributed by atoms with van der Waals surface area (Å²) in [6.45, 7) is 1.98. The lowest BCUT2D eigenvalue weighted by molar-refractivity contribution is -0.131. The van der Waals surface area contributed by atoms with Crippen LogP contribution in [-0.4, -0.2) is 37.2 Å². The lowest BCUT2D eigenvalue weighted by Gasteiger charge is -2.22. The van der Waals surface area contributed by atoms with E-state index in [0.717, 1.165) is 0 Å². The van der Waals surface area contributed by atoms with Crippen LogP contribution >= 0.6 is 0 Å². The number of carbonyl (C=O) groups is 1. The Bertz CT molecular complexity index is 864. The molecule has 1 atom stereocenters. The molecule has 1 fully saturated rings. The molecule has 1 aliphatic rings. The molecule has 3 rings (SSSR count). The third kappa shape index (κ3) is 2.19. The summed E-state index contributed by atoms with van der Waals surface area (Å²) < 4.78 is 9.63. The van der Waals surface area contributed by atoms with Gasteiger partial charge in [0.15, 0.2) is 16.9 Å². The summed E-state index contributed by atoms with van der Waals surface area (Å²) >= 11 is 0. The van der Waals surface area contributed by atoms with Gasteiger partial charge in [-0.3, -0.25) is 18.7 Å². The number of rotatable bonds is 2. The maximum Gasteiger partial charge on any atom is 0.332 e. The molecule has 0 bridgehead atoms. The second-order valence-electron chi connectivity index (χ2n) is 5.66. The van der Waals surface area contributed by atoms with E-state index in [0.29, 0.717) is 29.8 Å². The number of Topliss-reactive ketones (excluding diaryl/α,β-unsaturated/α-hetero) is 1. The van der Waals surface area contributed by atoms with Crippen molar-refractivity contribution in [3.63, 3.8) is 0 Å². The van der Waals surface area contributed by atoms with Crippen molar-refractivity contribution >= 4 is 16.9 Å². The van der Waals surface area contributed by atoms with Crippen molar-refractivity contribution in [1.29, 1.82) is 0 Å². The molecule has 2 aromatic heterocycles. The number of hydrogen-bond acceptors (Lipinski definition) is 5. The fourth-order valence-corrected chi connectivity index (χ4v) is 2.75. The molecule has 1 unspecified atom stereocenters. The summed E-state index contributed by atoms with van der Waals surface area (Å²) in [6.07, 6.45) is 0.652. The zero-order valence-electron chi connectivity index (χ0n) is 12.8. The molecule has 0 radical (unpaired) electrons. The van der Waals surface area contributed by atoms with Gasteiger partial charge >= 0.3 is 5.69 Å². The molecule has 0 saturated carbocycles. The van der Waals surface area contributed by atoms with Crippen LogP contribution < -0.4 is 11.2 Å². The van der Waals surface area contributed by atoms with Crippen LogP contribution in [0.5, 0.6) is 0 Å². The van der Waals surface area contributed by atoms with Crippen LogP contribution in [0.25, 0.3) is 11.2 Å². The van der Waals surface area contributed by atoms with Gasteiger partial charge in [-0.15, -0.1) is 0 Å². The van der Waals surface area contributed by atoms with Crippen LogP contribution in [0.2, 0.25) is 0 Å². The van der Waals surface area contributed by atoms with E-state index in [1.54, 1.807) is 25.6 Å². The van der Waals surface area contributed by atoms with Crippen molar-refractivity contribution < 1.29 is 9.53 Å². The van der Waals surface area contributed by atoms with E-state index in [2.05, 4.69) is 4.98 Å². The first-order chi connectivity index (χ1) is 10.4. The first-order valence-corrected chi connectivity index (χ1v) is 7.16. The lowest BCUT2D eigenvalue weighted by atomic mass is 10.1. The molecule has 8 nitrogen and oxygen atoms in total. The van der Waals surface area contributed by atoms with E-state index >= 15 is 0 Å². The number of ether oxygens (including phenoxy) is 1. The SMILES string of the molecule is Cc1nc2c(c(=O)n(CC3CCC(=O)CO3)c(=O)n2C)n1C. The van der Waals surface area contributed by atoms with Crippen molar-refractivity contribution in [2.24, 2.45) is 14.1 Å². The summed E-state index contributed by atoms with van der Waals surface area (Å²) in [5, 5.41) is 0. The highest BCUT2D eigenvalue weighted by Gasteiger charge is 2.23. The third-order valence-corrected chi connectivity index (χ3v) is 4.19. The van der Waals surface area contributed by atoms with E-state index in [-0.39, 0.29) is 30.6 Å². The third-order valence-electron chi connectivity index (χ3n) is 4.19. The van der Waals surface area contributed by atoms with Crippen LogP contribution in [0.1, 0.15) is 18.7 Å². The van der Waals surface area contributed by atoms with Gasteiger partial charge in [-0.1, -0.05) is 0 Å². The van der Waals surface area contributed by atoms with Gasteiger partial charge in [-0.05, 0) is 13.3 Å². The number of carbonyl (C=O) groups excluding carboxylic acids is 1. The zero-order valence-corrected chi connectivity index (χ0v) is 12.8. The molecule has 8 heteroatoms. The van der Waals surface area contributed by atoms with Gasteiger partial charge in [0.1, 0.15) is 12.4 Å². The van der Waals surface area contributed by atoms with Gasteiger partial charge in [0.05, 0.1) is 12.6 Å². The van der Waals surface area contributed by atoms with Crippen LogP contribution in [-0.2, 0) is 30.2 Å². The topological polar surface area (TPSA) is 88.1 Å². The average Bonchev–Trinajstić information content (AvgIpc) is 2.79. The van der Waals surface area contributed by atoms with Gasteiger partial charge < -0.3 is 9.30 Å². The Hall–Kier alpha value is -2.22. The number of imidazole rings is 1. The van der Waals surface area contributed by atoms with E-state index in [9.17, 15) is 14.4 Å². The maximum atomic E-state index is 12.6. The Morgan fingerprint density at radius 1 is 1.23 bits per heavy atom. The minimum atomic E-state index is -0.420. The highest BCUT2D eigenvalue weighted by Crippen LogP contribution is 2.12. The summed E-state index contributed by atoms with van der Waals surface area (Å²) in [5.74, 6) is 0.716. The molecule has 2 aromatic rings. The van der Waals surface area contributed by atoms with Gasteiger partial charge in [-0.25, -0.2) is 9.78 Å². The Labute approximate surface area is 125 Å². The molecule has 0 aromatic carbocycles. The molecular weight excluding hydrogens is 288 g/mol. The maximum absolute atomic E-state index is 12.6. The lowest BCUT2D eigenvalue weighted by Crippen LogP contribution is -2.43. The minimum absolute atomic E-state index is 0.0484. The predicted octanol–water partition coefficient (Wildman–Crippen LogP) is -0.510. The summed E-state index contributed by atoms with van der Waals surface area (Å²) in [6, 6.07) is 0. The Kier molecular flexibility index (Phi) is 3.48. The quantitative estimate of drug-likeness (QED) is 0.745. The van der Waals surface area contributed by atoms with Crippen molar-refractivity contribution in [2.75, 3.05) is 6.61 Å². The average molecular weight is 306 g/mol. The van der Waals surface area contributed by atoms with Crippen LogP contribution in [0, 0.1) is 6.92 Å². The fourth-order valence-electron chi connectivity index (χ4n) is 2.75. The van der Waals surface area contributed by atoms with Crippen molar-refractivity contribution in [2.45, 2.75) is 32.4 Å². The monoisotopic (exact) mass is 306 g/mol. The second-order valence-corrected chi connectivity index (χ2v) is 5.66. The van der Waals surface area contributed by atoms with E-state index in [4.69, 9.17) is 4.74 Å². The highest BCUT2D eigenvalue weighted by molar-refractivity contribution is 5.80. The smallest absolute Gasteiger partial charge is 0.332 e. The van der Waals surface area contributed by atoms with E-state index in [1.165, 1.54) is 9.13 Å². The van der Waals surface area contributed by atoms with Gasteiger partial charge in [0.25, 0.3) is 5.56 Å². The molecule has 1 aliphatic heterocycles. The molecule has 0 spiro atoms. The summed E-state index contributed by atoms with van der Waals surface area (Å²) in [4.78, 5) is 40.5. The molecule has 0 aliphatic carbocycles. The number of nitrogens with zero attached hydrogens (tertiary/aromatic N) is 4. The number of aryl methyl sites for hydroxylation is 3. The van der Waals surface area contributed by atoms with Crippen LogP contribution in [0.3, 0.4) is 0 Å². The molecular formula is C14H18N4O4. The predicted molar refractivity (Wildman–Crippen MR) is 78.9 cm³/mol. The Morgan fingerprint density at radius 2 is 1.95 bits per heavy atom. The second kappa shape index (κ2) is 5.20. The minimum Gasteiger partial charge on any atom is -0.369 e. The standard InChI is InChI=1S/C14H18N4O4/c1-8-15-12-11(16(8)2)13(20)18(14(21)17(12)3)6-10-5-4-9(19)7-22-10/h10H,4-7H2,1-3H3. The number of aromatic nitrogens is 4. The summed E-state index contributed by atoms with van der Waals surface area (Å²) in [5.41, 5.74) is -0.0183. The first kappa shape index (κ1) is 14.7. The number of ketones is 1. The van der Waals surface area contributed by atoms with Crippen molar-refractivity contribution in [3.05, 3.63) is 26.7 Å². The molecule has 0 amide bonds.